The van der Waals surface area contributed by atoms with Gasteiger partial charge in [-0.2, -0.15) is 0 Å². The molecule has 1 heterocycles. The van der Waals surface area contributed by atoms with Gasteiger partial charge < -0.3 is 15.2 Å². The summed E-state index contributed by atoms with van der Waals surface area (Å²) in [6.45, 7) is 3.20. The van der Waals surface area contributed by atoms with Gasteiger partial charge in [-0.05, 0) is 24.6 Å². The topological polar surface area (TPSA) is 44.5 Å². The molecular weight excluding hydrogens is 221 g/mol. The van der Waals surface area contributed by atoms with Gasteiger partial charge in [0.1, 0.15) is 6.10 Å². The molecule has 1 aromatic carbocycles. The molecule has 1 aliphatic heterocycles. The number of hydrogen-bond acceptors (Lipinski definition) is 3. The maximum absolute atomic E-state index is 13.8. The molecule has 17 heavy (non-hydrogen) atoms. The van der Waals surface area contributed by atoms with E-state index in [1.54, 1.807) is 6.07 Å². The zero-order valence-electron chi connectivity index (χ0n) is 9.99. The minimum Gasteiger partial charge on any atom is -0.487 e. The van der Waals surface area contributed by atoms with Gasteiger partial charge in [0.25, 0.3) is 0 Å². The normalized spacial score (nSPS) is 19.0. The first-order valence-electron chi connectivity index (χ1n) is 5.96. The van der Waals surface area contributed by atoms with Gasteiger partial charge in [-0.3, -0.25) is 0 Å². The van der Waals surface area contributed by atoms with E-state index >= 15 is 0 Å². The van der Waals surface area contributed by atoms with Crippen LogP contribution in [0.1, 0.15) is 31.4 Å². The van der Waals surface area contributed by atoms with Crippen molar-refractivity contribution in [1.29, 1.82) is 0 Å². The lowest BCUT2D eigenvalue weighted by atomic mass is 10.1. The molecule has 1 aliphatic rings. The lowest BCUT2D eigenvalue weighted by molar-refractivity contribution is 0.0240. The van der Waals surface area contributed by atoms with Crippen LogP contribution in [0, 0.1) is 5.82 Å². The molecule has 0 unspecified atom stereocenters. The highest BCUT2D eigenvalue weighted by molar-refractivity contribution is 5.30. The van der Waals surface area contributed by atoms with Crippen LogP contribution >= 0.6 is 0 Å². The fraction of sp³-hybridized carbons (Fsp3) is 0.538. The smallest absolute Gasteiger partial charge is 0.165 e. The maximum atomic E-state index is 13.8. The number of halogens is 1. The first kappa shape index (κ1) is 12.3. The van der Waals surface area contributed by atoms with Crippen LogP contribution in [-0.2, 0) is 4.74 Å². The summed E-state index contributed by atoms with van der Waals surface area (Å²) in [7, 11) is 0. The number of ether oxygens (including phenoxy) is 2. The Morgan fingerprint density at radius 1 is 1.41 bits per heavy atom. The molecule has 2 rings (SSSR count). The SMILES string of the molecule is C[C@@H](N)c1ccc(OC2CCOCC2)c(F)c1. The Labute approximate surface area is 101 Å². The molecule has 3 nitrogen and oxygen atoms in total. The monoisotopic (exact) mass is 239 g/mol. The zero-order valence-corrected chi connectivity index (χ0v) is 9.99. The second-order valence-electron chi connectivity index (χ2n) is 4.41. The maximum Gasteiger partial charge on any atom is 0.165 e. The van der Waals surface area contributed by atoms with Crippen LogP contribution in [0.5, 0.6) is 5.75 Å². The Kier molecular flexibility index (Phi) is 3.97. The van der Waals surface area contributed by atoms with Crippen molar-refractivity contribution in [1.82, 2.24) is 0 Å². The molecule has 0 aromatic heterocycles. The van der Waals surface area contributed by atoms with Crippen molar-refractivity contribution in [3.63, 3.8) is 0 Å². The van der Waals surface area contributed by atoms with Crippen LogP contribution in [0.2, 0.25) is 0 Å². The molecule has 0 bridgehead atoms. The summed E-state index contributed by atoms with van der Waals surface area (Å²) in [5.74, 6) is -0.0346. The van der Waals surface area contributed by atoms with E-state index in [0.29, 0.717) is 19.0 Å². The largest absolute Gasteiger partial charge is 0.487 e. The molecule has 1 atom stereocenters. The van der Waals surface area contributed by atoms with Crippen molar-refractivity contribution in [3.05, 3.63) is 29.6 Å². The molecule has 1 aromatic rings. The Hall–Kier alpha value is -1.13. The predicted molar refractivity (Wildman–Crippen MR) is 63.5 cm³/mol. The molecule has 0 aliphatic carbocycles. The number of nitrogens with two attached hydrogens (primary N) is 1. The quantitative estimate of drug-likeness (QED) is 0.881. The average Bonchev–Trinajstić information content (AvgIpc) is 2.33. The third-order valence-corrected chi connectivity index (χ3v) is 2.94. The Balaban J connectivity index is 2.05. The van der Waals surface area contributed by atoms with E-state index in [9.17, 15) is 4.39 Å². The van der Waals surface area contributed by atoms with Gasteiger partial charge in [0.15, 0.2) is 11.6 Å². The van der Waals surface area contributed by atoms with E-state index < -0.39 is 0 Å². The van der Waals surface area contributed by atoms with Gasteiger partial charge in [0.2, 0.25) is 0 Å². The molecule has 94 valence electrons. The van der Waals surface area contributed by atoms with Crippen molar-refractivity contribution in [3.8, 4) is 5.75 Å². The van der Waals surface area contributed by atoms with Gasteiger partial charge in [-0.25, -0.2) is 4.39 Å². The number of hydrogen-bond donors (Lipinski definition) is 1. The molecule has 1 fully saturated rings. The zero-order chi connectivity index (χ0) is 12.3. The van der Waals surface area contributed by atoms with Crippen molar-refractivity contribution >= 4 is 0 Å². The van der Waals surface area contributed by atoms with Gasteiger partial charge in [0.05, 0.1) is 13.2 Å². The molecule has 0 radical (unpaired) electrons. The first-order chi connectivity index (χ1) is 8.16. The van der Waals surface area contributed by atoms with Crippen LogP contribution in [0.15, 0.2) is 18.2 Å². The van der Waals surface area contributed by atoms with Crippen LogP contribution < -0.4 is 10.5 Å². The fourth-order valence-corrected chi connectivity index (χ4v) is 1.87. The van der Waals surface area contributed by atoms with Gasteiger partial charge in [-0.1, -0.05) is 6.07 Å². The van der Waals surface area contributed by atoms with Crippen molar-refractivity contribution < 1.29 is 13.9 Å². The summed E-state index contributed by atoms with van der Waals surface area (Å²) >= 11 is 0. The summed E-state index contributed by atoms with van der Waals surface area (Å²) in [5.41, 5.74) is 6.47. The average molecular weight is 239 g/mol. The van der Waals surface area contributed by atoms with Gasteiger partial charge in [0, 0.05) is 18.9 Å². The second kappa shape index (κ2) is 5.47. The third kappa shape index (κ3) is 3.17. The molecule has 2 N–H and O–H groups in total. The Morgan fingerprint density at radius 2 is 2.12 bits per heavy atom. The van der Waals surface area contributed by atoms with Crippen LogP contribution in [0.3, 0.4) is 0 Å². The molecule has 0 amide bonds. The summed E-state index contributed by atoms with van der Waals surface area (Å²) in [6, 6.07) is 4.74. The summed E-state index contributed by atoms with van der Waals surface area (Å²) in [5, 5.41) is 0. The van der Waals surface area contributed by atoms with Crippen LogP contribution in [-0.4, -0.2) is 19.3 Å². The summed E-state index contributed by atoms with van der Waals surface area (Å²) < 4.78 is 24.6. The first-order valence-corrected chi connectivity index (χ1v) is 5.96. The minimum absolute atomic E-state index is 0.0550. The lowest BCUT2D eigenvalue weighted by Crippen LogP contribution is -2.26. The van der Waals surface area contributed by atoms with Crippen molar-refractivity contribution in [2.24, 2.45) is 5.73 Å². The van der Waals surface area contributed by atoms with E-state index in [4.69, 9.17) is 15.2 Å². The molecule has 0 spiro atoms. The molecule has 4 heteroatoms. The fourth-order valence-electron chi connectivity index (χ4n) is 1.87. The third-order valence-electron chi connectivity index (χ3n) is 2.94. The lowest BCUT2D eigenvalue weighted by Gasteiger charge is -2.23. The van der Waals surface area contributed by atoms with Crippen LogP contribution in [0.4, 0.5) is 4.39 Å². The van der Waals surface area contributed by atoms with Crippen LogP contribution in [0.25, 0.3) is 0 Å². The number of rotatable bonds is 3. The summed E-state index contributed by atoms with van der Waals surface area (Å²) in [6.07, 6.45) is 1.68. The minimum atomic E-state index is -0.341. The van der Waals surface area contributed by atoms with E-state index in [1.165, 1.54) is 6.07 Å². The van der Waals surface area contributed by atoms with E-state index in [-0.39, 0.29) is 18.0 Å². The Bertz CT molecular complexity index is 376. The van der Waals surface area contributed by atoms with Gasteiger partial charge >= 0.3 is 0 Å². The second-order valence-corrected chi connectivity index (χ2v) is 4.41. The highest BCUT2D eigenvalue weighted by atomic mass is 19.1. The van der Waals surface area contributed by atoms with Crippen molar-refractivity contribution in [2.45, 2.75) is 31.9 Å². The molecule has 0 saturated carbocycles. The predicted octanol–water partition coefficient (Wildman–Crippen LogP) is 2.40. The highest BCUT2D eigenvalue weighted by Gasteiger charge is 2.17. The number of benzene rings is 1. The highest BCUT2D eigenvalue weighted by Crippen LogP contribution is 2.24. The van der Waals surface area contributed by atoms with E-state index in [0.717, 1.165) is 18.4 Å². The van der Waals surface area contributed by atoms with E-state index in [2.05, 4.69) is 0 Å². The Morgan fingerprint density at radius 3 is 2.71 bits per heavy atom. The molecular formula is C13H18FNO2. The van der Waals surface area contributed by atoms with Crippen molar-refractivity contribution in [2.75, 3.05) is 13.2 Å². The molecule has 1 saturated heterocycles. The van der Waals surface area contributed by atoms with Gasteiger partial charge in [-0.15, -0.1) is 0 Å². The standard InChI is InChI=1S/C13H18FNO2/c1-9(15)10-2-3-13(12(14)8-10)17-11-4-6-16-7-5-11/h2-3,8-9,11H,4-7,15H2,1H3/t9-/m1/s1. The summed E-state index contributed by atoms with van der Waals surface area (Å²) in [4.78, 5) is 0. The van der Waals surface area contributed by atoms with E-state index in [1.807, 2.05) is 13.0 Å².